The van der Waals surface area contributed by atoms with Crippen molar-refractivity contribution in [3.05, 3.63) is 77.5 Å². The molecule has 2 aromatic carbocycles. The Bertz CT molecular complexity index is 1350. The maximum Gasteiger partial charge on any atom is 0.273 e. The monoisotopic (exact) mass is 566 g/mol. The highest BCUT2D eigenvalue weighted by atomic mass is 19.1. The molecule has 2 fully saturated rings. The topological polar surface area (TPSA) is 98.9 Å². The van der Waals surface area contributed by atoms with E-state index >= 15 is 0 Å². The van der Waals surface area contributed by atoms with Crippen LogP contribution in [-0.2, 0) is 11.2 Å². The zero-order chi connectivity index (χ0) is 28.9. The van der Waals surface area contributed by atoms with E-state index in [-0.39, 0.29) is 29.0 Å². The molecule has 0 bridgehead atoms. The summed E-state index contributed by atoms with van der Waals surface area (Å²) in [5, 5.41) is 17.5. The standard InChI is InChI=1S/C31H36F2N4O4/c1-36(15-13-20-7-3-2-4-8-20)31(40)23-19-37(27-9-5-6-10-28(27)38)16-14-25(23)34-30(39)26-18-29(41-35-26)22-12-11-21(32)17-24(22)33/h2-4,7-8,11-12,17-18,23,25,27-28,38H,5-6,9-10,13-16,19H2,1H3,(H,34,39). The first kappa shape index (κ1) is 28.9. The number of hydrogen-bond acceptors (Lipinski definition) is 6. The van der Waals surface area contributed by atoms with Gasteiger partial charge in [0, 0.05) is 50.9 Å². The minimum atomic E-state index is -0.824. The number of aromatic nitrogens is 1. The number of nitrogens with one attached hydrogen (secondary N) is 1. The molecule has 1 aliphatic heterocycles. The number of rotatable bonds is 8. The molecule has 1 saturated carbocycles. The molecular weight excluding hydrogens is 530 g/mol. The number of aliphatic hydroxyl groups excluding tert-OH is 1. The fraction of sp³-hybridized carbons (Fsp3) is 0.452. The first-order valence-electron chi connectivity index (χ1n) is 14.2. The lowest BCUT2D eigenvalue weighted by Gasteiger charge is -2.45. The van der Waals surface area contributed by atoms with Crippen molar-refractivity contribution in [1.82, 2.24) is 20.3 Å². The van der Waals surface area contributed by atoms with Gasteiger partial charge in [-0.2, -0.15) is 0 Å². The van der Waals surface area contributed by atoms with E-state index in [1.807, 2.05) is 30.3 Å². The van der Waals surface area contributed by atoms with E-state index in [0.717, 1.165) is 43.4 Å². The molecule has 1 saturated heterocycles. The largest absolute Gasteiger partial charge is 0.391 e. The fourth-order valence-corrected chi connectivity index (χ4v) is 5.99. The lowest BCUT2D eigenvalue weighted by Crippen LogP contribution is -2.59. The average molecular weight is 567 g/mol. The Morgan fingerprint density at radius 1 is 1.10 bits per heavy atom. The molecule has 4 atom stereocenters. The van der Waals surface area contributed by atoms with Gasteiger partial charge in [-0.05, 0) is 43.4 Å². The number of halogens is 2. The summed E-state index contributed by atoms with van der Waals surface area (Å²) >= 11 is 0. The van der Waals surface area contributed by atoms with Crippen LogP contribution in [-0.4, -0.2) is 76.7 Å². The molecular formula is C31H36F2N4O4. The molecule has 218 valence electrons. The van der Waals surface area contributed by atoms with Gasteiger partial charge in [0.25, 0.3) is 5.91 Å². The Morgan fingerprint density at radius 2 is 1.88 bits per heavy atom. The van der Waals surface area contributed by atoms with Crippen LogP contribution in [0.15, 0.2) is 59.1 Å². The summed E-state index contributed by atoms with van der Waals surface area (Å²) in [6.45, 7) is 1.59. The number of amides is 2. The van der Waals surface area contributed by atoms with Gasteiger partial charge in [0.2, 0.25) is 5.91 Å². The van der Waals surface area contributed by atoms with E-state index in [1.165, 1.54) is 12.1 Å². The summed E-state index contributed by atoms with van der Waals surface area (Å²) in [6.07, 6.45) is 4.47. The Kier molecular flexibility index (Phi) is 9.09. The number of benzene rings is 2. The molecule has 1 aliphatic carbocycles. The van der Waals surface area contributed by atoms with Crippen molar-refractivity contribution in [3.63, 3.8) is 0 Å². The summed E-state index contributed by atoms with van der Waals surface area (Å²) < 4.78 is 32.7. The highest BCUT2D eigenvalue weighted by Gasteiger charge is 2.41. The van der Waals surface area contributed by atoms with E-state index in [0.29, 0.717) is 32.5 Å². The summed E-state index contributed by atoms with van der Waals surface area (Å²) in [4.78, 5) is 30.9. The van der Waals surface area contributed by atoms with Crippen molar-refractivity contribution in [2.24, 2.45) is 5.92 Å². The number of carbonyl (C=O) groups is 2. The van der Waals surface area contributed by atoms with Gasteiger partial charge in [0.05, 0.1) is 17.6 Å². The van der Waals surface area contributed by atoms with Gasteiger partial charge in [-0.1, -0.05) is 48.3 Å². The molecule has 8 nitrogen and oxygen atoms in total. The van der Waals surface area contributed by atoms with Gasteiger partial charge in [0.15, 0.2) is 11.5 Å². The van der Waals surface area contributed by atoms with Crippen LogP contribution in [0.5, 0.6) is 0 Å². The maximum atomic E-state index is 14.2. The lowest BCUT2D eigenvalue weighted by atomic mass is 9.85. The smallest absolute Gasteiger partial charge is 0.273 e. The minimum absolute atomic E-state index is 0.00188. The van der Waals surface area contributed by atoms with Gasteiger partial charge < -0.3 is 19.8 Å². The molecule has 2 aliphatic rings. The van der Waals surface area contributed by atoms with Crippen LogP contribution < -0.4 is 5.32 Å². The number of hydrogen-bond donors (Lipinski definition) is 2. The Labute approximate surface area is 238 Å². The normalized spacial score (nSPS) is 23.2. The number of likely N-dealkylation sites (N-methyl/N-ethyl adjacent to an activating group) is 1. The molecule has 5 rings (SSSR count). The van der Waals surface area contributed by atoms with Crippen LogP contribution in [0.25, 0.3) is 11.3 Å². The van der Waals surface area contributed by atoms with Crippen LogP contribution in [0.2, 0.25) is 0 Å². The first-order valence-corrected chi connectivity index (χ1v) is 14.2. The summed E-state index contributed by atoms with van der Waals surface area (Å²) in [5.74, 6) is -2.68. The summed E-state index contributed by atoms with van der Waals surface area (Å²) in [7, 11) is 1.78. The third-order valence-electron chi connectivity index (χ3n) is 8.34. The van der Waals surface area contributed by atoms with E-state index in [9.17, 15) is 23.5 Å². The third kappa shape index (κ3) is 6.82. The van der Waals surface area contributed by atoms with Gasteiger partial charge >= 0.3 is 0 Å². The molecule has 0 radical (unpaired) electrons. The Balaban J connectivity index is 1.30. The second-order valence-electron chi connectivity index (χ2n) is 11.1. The van der Waals surface area contributed by atoms with Crippen molar-refractivity contribution in [1.29, 1.82) is 0 Å². The predicted molar refractivity (Wildman–Crippen MR) is 149 cm³/mol. The van der Waals surface area contributed by atoms with E-state index in [4.69, 9.17) is 4.52 Å². The highest BCUT2D eigenvalue weighted by Crippen LogP contribution is 2.29. The SMILES string of the molecule is CN(CCc1ccccc1)C(=O)C1CN(C2CCCCC2O)CCC1NC(=O)c1cc(-c2ccc(F)cc2F)on1. The van der Waals surface area contributed by atoms with Crippen LogP contribution in [0.4, 0.5) is 8.78 Å². The van der Waals surface area contributed by atoms with Crippen molar-refractivity contribution in [2.75, 3.05) is 26.7 Å². The zero-order valence-corrected chi connectivity index (χ0v) is 23.1. The van der Waals surface area contributed by atoms with Crippen molar-refractivity contribution in [3.8, 4) is 11.3 Å². The minimum Gasteiger partial charge on any atom is -0.391 e. The second-order valence-corrected chi connectivity index (χ2v) is 11.1. The molecule has 41 heavy (non-hydrogen) atoms. The average Bonchev–Trinajstić information content (AvgIpc) is 3.47. The number of nitrogens with zero attached hydrogens (tertiary/aromatic N) is 3. The molecule has 4 unspecified atom stereocenters. The van der Waals surface area contributed by atoms with Gasteiger partial charge in [0.1, 0.15) is 11.6 Å². The van der Waals surface area contributed by atoms with E-state index < -0.39 is 35.6 Å². The first-order chi connectivity index (χ1) is 19.8. The second kappa shape index (κ2) is 12.9. The van der Waals surface area contributed by atoms with E-state index in [2.05, 4.69) is 15.4 Å². The number of piperidine rings is 1. The van der Waals surface area contributed by atoms with Crippen LogP contribution in [0.3, 0.4) is 0 Å². The predicted octanol–water partition coefficient (Wildman–Crippen LogP) is 4.04. The van der Waals surface area contributed by atoms with Crippen LogP contribution >= 0.6 is 0 Å². The maximum absolute atomic E-state index is 14.2. The van der Waals surface area contributed by atoms with Crippen molar-refractivity contribution >= 4 is 11.8 Å². The molecule has 2 N–H and O–H groups in total. The van der Waals surface area contributed by atoms with Crippen molar-refractivity contribution < 1.29 is 28.0 Å². The van der Waals surface area contributed by atoms with Gasteiger partial charge in [-0.3, -0.25) is 14.5 Å². The number of aliphatic hydroxyl groups is 1. The highest BCUT2D eigenvalue weighted by molar-refractivity contribution is 5.94. The zero-order valence-electron chi connectivity index (χ0n) is 23.1. The molecule has 0 spiro atoms. The molecule has 2 amide bonds. The lowest BCUT2D eigenvalue weighted by molar-refractivity contribution is -0.138. The summed E-state index contributed by atoms with van der Waals surface area (Å²) in [6, 6.07) is 13.8. The molecule has 10 heteroatoms. The molecule has 2 heterocycles. The van der Waals surface area contributed by atoms with Crippen molar-refractivity contribution in [2.45, 2.75) is 56.7 Å². The Hall–Kier alpha value is -3.63. The quantitative estimate of drug-likeness (QED) is 0.427. The van der Waals surface area contributed by atoms with Crippen LogP contribution in [0, 0.1) is 17.6 Å². The fourth-order valence-electron chi connectivity index (χ4n) is 5.99. The molecule has 1 aromatic heterocycles. The van der Waals surface area contributed by atoms with Gasteiger partial charge in [-0.15, -0.1) is 0 Å². The third-order valence-corrected chi connectivity index (χ3v) is 8.34. The number of carbonyl (C=O) groups excluding carboxylic acids is 2. The van der Waals surface area contributed by atoms with E-state index in [1.54, 1.807) is 11.9 Å². The van der Waals surface area contributed by atoms with Crippen LogP contribution in [0.1, 0.15) is 48.2 Å². The molecule has 3 aromatic rings. The Morgan fingerprint density at radius 3 is 2.63 bits per heavy atom. The number of likely N-dealkylation sites (tertiary alicyclic amines) is 1. The summed E-state index contributed by atoms with van der Waals surface area (Å²) in [5.41, 5.74) is 1.06. The van der Waals surface area contributed by atoms with Gasteiger partial charge in [-0.25, -0.2) is 8.78 Å².